The average Bonchev–Trinajstić information content (AvgIpc) is 3.42. The molecular weight excluding hydrogens is 531 g/mol. The van der Waals surface area contributed by atoms with Gasteiger partial charge in [0.25, 0.3) is 15.9 Å². The number of hydrogen-bond acceptors (Lipinski definition) is 7. The van der Waals surface area contributed by atoms with Gasteiger partial charge in [-0.1, -0.05) is 18.5 Å². The Morgan fingerprint density at radius 1 is 1.20 bits per heavy atom. The zero-order valence-corrected chi connectivity index (χ0v) is 22.9. The molecule has 0 saturated carbocycles. The van der Waals surface area contributed by atoms with Crippen LogP contribution in [0.5, 0.6) is 0 Å². The number of hydrogen-bond donors (Lipinski definition) is 1. The van der Waals surface area contributed by atoms with Gasteiger partial charge in [0.1, 0.15) is 5.03 Å². The predicted molar refractivity (Wildman–Crippen MR) is 139 cm³/mol. The van der Waals surface area contributed by atoms with Crippen LogP contribution < -0.4 is 0 Å². The number of nitrogens with zero attached hydrogens (tertiary/aromatic N) is 5. The standard InChI is InChI=1S/C22H27ClN6O3S2.ClH/c1-4-16-11-28(34(31,32)20-10-14-9-15(23)5-6-17(14)24-20)7-8-29(16)22(30)21-25-18-12-26(2)27(3)13-19(18)33-21;/h5-6,9-10,16,24H,4,7-8,11-13H2,1-3H3;1H. The number of sulfonamides is 1. The van der Waals surface area contributed by atoms with Crippen LogP contribution in [0.4, 0.5) is 0 Å². The highest BCUT2D eigenvalue weighted by Gasteiger charge is 2.38. The molecule has 4 heterocycles. The van der Waals surface area contributed by atoms with Gasteiger partial charge in [-0.2, -0.15) is 4.31 Å². The van der Waals surface area contributed by atoms with E-state index in [1.54, 1.807) is 29.2 Å². The van der Waals surface area contributed by atoms with Gasteiger partial charge in [-0.3, -0.25) is 4.79 Å². The molecule has 1 amide bonds. The molecule has 2 aromatic heterocycles. The molecule has 9 nitrogen and oxygen atoms in total. The molecule has 0 bridgehead atoms. The number of carbonyl (C=O) groups is 1. The molecule has 1 unspecified atom stereocenters. The fourth-order valence-electron chi connectivity index (χ4n) is 4.53. The number of rotatable bonds is 4. The van der Waals surface area contributed by atoms with Gasteiger partial charge in [0.15, 0.2) is 5.01 Å². The van der Waals surface area contributed by atoms with E-state index in [1.807, 2.05) is 21.0 Å². The van der Waals surface area contributed by atoms with Crippen LogP contribution in [0, 0.1) is 0 Å². The summed E-state index contributed by atoms with van der Waals surface area (Å²) in [5, 5.41) is 6.10. The molecule has 190 valence electrons. The molecule has 3 aromatic rings. The first kappa shape index (κ1) is 26.3. The summed E-state index contributed by atoms with van der Waals surface area (Å²) in [6.45, 7) is 4.19. The van der Waals surface area contributed by atoms with E-state index in [2.05, 4.69) is 20.0 Å². The maximum Gasteiger partial charge on any atom is 0.283 e. The molecular formula is C22H28Cl2N6O3S2. The Morgan fingerprint density at radius 3 is 2.69 bits per heavy atom. The third kappa shape index (κ3) is 4.83. The van der Waals surface area contributed by atoms with Crippen LogP contribution in [0.25, 0.3) is 10.9 Å². The Morgan fingerprint density at radius 2 is 1.94 bits per heavy atom. The minimum Gasteiger partial charge on any atom is -0.345 e. The van der Waals surface area contributed by atoms with E-state index in [0.29, 0.717) is 35.1 Å². The Bertz CT molecular complexity index is 1330. The second kappa shape index (κ2) is 9.97. The van der Waals surface area contributed by atoms with Crippen molar-refractivity contribution < 1.29 is 13.2 Å². The van der Waals surface area contributed by atoms with Gasteiger partial charge in [-0.25, -0.2) is 23.4 Å². The molecule has 0 aliphatic carbocycles. The molecule has 1 N–H and O–H groups in total. The van der Waals surface area contributed by atoms with Gasteiger partial charge in [0.2, 0.25) is 0 Å². The summed E-state index contributed by atoms with van der Waals surface area (Å²) >= 11 is 7.50. The minimum absolute atomic E-state index is 0. The Labute approximate surface area is 220 Å². The van der Waals surface area contributed by atoms with Gasteiger partial charge < -0.3 is 9.88 Å². The summed E-state index contributed by atoms with van der Waals surface area (Å²) in [7, 11) is 0.276. The van der Waals surface area contributed by atoms with Crippen LogP contribution in [-0.2, 0) is 23.1 Å². The first-order chi connectivity index (χ1) is 16.2. The maximum atomic E-state index is 13.4. The lowest BCUT2D eigenvalue weighted by atomic mass is 10.1. The summed E-state index contributed by atoms with van der Waals surface area (Å²) in [5.74, 6) is -0.117. The highest BCUT2D eigenvalue weighted by molar-refractivity contribution is 7.89. The van der Waals surface area contributed by atoms with E-state index in [4.69, 9.17) is 11.6 Å². The molecule has 35 heavy (non-hydrogen) atoms. The minimum atomic E-state index is -3.74. The SMILES string of the molecule is CCC1CN(S(=O)(=O)c2cc3cc(Cl)ccc3[nH]2)CCN1C(=O)c1nc2c(s1)CN(C)N(C)C2.Cl. The van der Waals surface area contributed by atoms with Gasteiger partial charge >= 0.3 is 0 Å². The van der Waals surface area contributed by atoms with Gasteiger partial charge in [-0.05, 0) is 30.7 Å². The van der Waals surface area contributed by atoms with Gasteiger partial charge in [-0.15, -0.1) is 23.7 Å². The van der Waals surface area contributed by atoms with Crippen molar-refractivity contribution in [3.05, 3.63) is 44.9 Å². The van der Waals surface area contributed by atoms with Crippen molar-refractivity contribution in [3.63, 3.8) is 0 Å². The molecule has 1 saturated heterocycles. The number of aromatic amines is 1. The Hall–Kier alpha value is -1.73. The maximum absolute atomic E-state index is 13.4. The highest BCUT2D eigenvalue weighted by Crippen LogP contribution is 2.30. The molecule has 5 rings (SSSR count). The zero-order chi connectivity index (χ0) is 24.2. The number of hydrazine groups is 1. The Kier molecular flexibility index (Phi) is 7.50. The van der Waals surface area contributed by atoms with E-state index in [0.717, 1.165) is 22.5 Å². The second-order valence-corrected chi connectivity index (χ2v) is 12.2. The molecule has 0 radical (unpaired) electrons. The number of H-pyrrole nitrogens is 1. The third-order valence-electron chi connectivity index (χ3n) is 6.65. The lowest BCUT2D eigenvalue weighted by Crippen LogP contribution is -2.56. The first-order valence-electron chi connectivity index (χ1n) is 11.2. The predicted octanol–water partition coefficient (Wildman–Crippen LogP) is 3.42. The summed E-state index contributed by atoms with van der Waals surface area (Å²) in [5.41, 5.74) is 1.66. The lowest BCUT2D eigenvalue weighted by Gasteiger charge is -2.39. The fraction of sp³-hybridized carbons (Fsp3) is 0.455. The number of halogens is 2. The number of fused-ring (bicyclic) bond motifs is 2. The molecule has 2 aliphatic rings. The third-order valence-corrected chi connectivity index (χ3v) is 9.74. The topological polar surface area (TPSA) is 92.8 Å². The average molecular weight is 560 g/mol. The number of carbonyl (C=O) groups excluding carboxylic acids is 1. The van der Waals surface area contributed by atoms with Crippen LogP contribution in [0.15, 0.2) is 29.3 Å². The van der Waals surface area contributed by atoms with E-state index in [9.17, 15) is 13.2 Å². The second-order valence-electron chi connectivity index (χ2n) is 8.81. The first-order valence-corrected chi connectivity index (χ1v) is 13.8. The quantitative estimate of drug-likeness (QED) is 0.527. The largest absolute Gasteiger partial charge is 0.345 e. The van der Waals surface area contributed by atoms with Gasteiger partial charge in [0, 0.05) is 67.1 Å². The van der Waals surface area contributed by atoms with Crippen LogP contribution in [0.2, 0.25) is 5.02 Å². The molecule has 0 spiro atoms. The van der Waals surface area contributed by atoms with Crippen molar-refractivity contribution in [2.75, 3.05) is 33.7 Å². The number of piperazine rings is 1. The van der Waals surface area contributed by atoms with Crippen molar-refractivity contribution in [3.8, 4) is 0 Å². The van der Waals surface area contributed by atoms with Gasteiger partial charge in [0.05, 0.1) is 12.2 Å². The van der Waals surface area contributed by atoms with Crippen LogP contribution in [0.1, 0.15) is 33.7 Å². The van der Waals surface area contributed by atoms with Crippen LogP contribution >= 0.6 is 35.3 Å². The number of benzene rings is 1. The van der Waals surface area contributed by atoms with Crippen molar-refractivity contribution in [2.45, 2.75) is 37.5 Å². The van der Waals surface area contributed by atoms with Crippen molar-refractivity contribution >= 4 is 62.2 Å². The van der Waals surface area contributed by atoms with Crippen molar-refractivity contribution in [1.82, 2.24) is 29.2 Å². The molecule has 13 heteroatoms. The van der Waals surface area contributed by atoms with E-state index in [1.165, 1.54) is 15.6 Å². The van der Waals surface area contributed by atoms with E-state index >= 15 is 0 Å². The Balaban J connectivity index is 0.00000289. The summed E-state index contributed by atoms with van der Waals surface area (Å²) < 4.78 is 28.2. The lowest BCUT2D eigenvalue weighted by molar-refractivity contribution is -0.00173. The summed E-state index contributed by atoms with van der Waals surface area (Å²) in [6.07, 6.45) is 0.649. The number of thiazole rings is 1. The normalized spacial score (nSPS) is 20.1. The monoisotopic (exact) mass is 558 g/mol. The van der Waals surface area contributed by atoms with E-state index < -0.39 is 10.0 Å². The molecule has 1 fully saturated rings. The zero-order valence-electron chi connectivity index (χ0n) is 19.7. The molecule has 1 atom stereocenters. The summed E-state index contributed by atoms with van der Waals surface area (Å²) in [4.78, 5) is 23.9. The van der Waals surface area contributed by atoms with E-state index in [-0.39, 0.29) is 42.5 Å². The number of amides is 1. The van der Waals surface area contributed by atoms with Crippen LogP contribution in [0.3, 0.4) is 0 Å². The number of aromatic nitrogens is 2. The molecule has 1 aromatic carbocycles. The van der Waals surface area contributed by atoms with Crippen LogP contribution in [-0.4, -0.2) is 83.3 Å². The van der Waals surface area contributed by atoms with Crippen molar-refractivity contribution in [2.24, 2.45) is 0 Å². The highest BCUT2D eigenvalue weighted by atomic mass is 35.5. The summed E-state index contributed by atoms with van der Waals surface area (Å²) in [6, 6.07) is 6.62. The fourth-order valence-corrected chi connectivity index (χ4v) is 7.26. The molecule has 2 aliphatic heterocycles. The smallest absolute Gasteiger partial charge is 0.283 e. The van der Waals surface area contributed by atoms with Crippen molar-refractivity contribution in [1.29, 1.82) is 0 Å². The number of nitrogens with one attached hydrogen (secondary N) is 1.